The summed E-state index contributed by atoms with van der Waals surface area (Å²) in [7, 11) is 0. The molecular formula is C29H30ClIN4O5. The number of halogens is 2. The van der Waals surface area contributed by atoms with Crippen LogP contribution in [0.3, 0.4) is 0 Å². The highest BCUT2D eigenvalue weighted by molar-refractivity contribution is 14.1. The molecular weight excluding hydrogens is 647 g/mol. The molecule has 210 valence electrons. The van der Waals surface area contributed by atoms with Crippen LogP contribution in [0.1, 0.15) is 43.4 Å². The van der Waals surface area contributed by atoms with Crippen molar-refractivity contribution in [1.29, 1.82) is 0 Å². The summed E-state index contributed by atoms with van der Waals surface area (Å²) < 4.78 is 12.1. The van der Waals surface area contributed by atoms with Gasteiger partial charge in [0.25, 0.3) is 5.91 Å². The minimum Gasteiger partial charge on any atom is -0.490 e. The molecule has 3 amide bonds. The summed E-state index contributed by atoms with van der Waals surface area (Å²) in [6, 6.07) is 18.1. The van der Waals surface area contributed by atoms with Crippen molar-refractivity contribution in [3.63, 3.8) is 0 Å². The molecule has 3 aromatic carbocycles. The molecule has 0 radical (unpaired) electrons. The van der Waals surface area contributed by atoms with Gasteiger partial charge >= 0.3 is 11.8 Å². The Morgan fingerprint density at radius 3 is 2.42 bits per heavy atom. The van der Waals surface area contributed by atoms with Crippen LogP contribution in [0, 0.1) is 3.57 Å². The fourth-order valence-electron chi connectivity index (χ4n) is 3.45. The Bertz CT molecular complexity index is 1380. The van der Waals surface area contributed by atoms with Crippen molar-refractivity contribution in [2.75, 3.05) is 18.5 Å². The number of nitrogens with zero attached hydrogens (tertiary/aromatic N) is 1. The molecule has 0 saturated heterocycles. The highest BCUT2D eigenvalue weighted by Gasteiger charge is 2.15. The van der Waals surface area contributed by atoms with E-state index in [9.17, 15) is 14.4 Å². The van der Waals surface area contributed by atoms with Gasteiger partial charge < -0.3 is 20.1 Å². The van der Waals surface area contributed by atoms with Gasteiger partial charge in [0.2, 0.25) is 0 Å². The van der Waals surface area contributed by atoms with E-state index >= 15 is 0 Å². The van der Waals surface area contributed by atoms with E-state index in [0.29, 0.717) is 43.9 Å². The van der Waals surface area contributed by atoms with Crippen LogP contribution in [-0.2, 0) is 20.9 Å². The van der Waals surface area contributed by atoms with E-state index in [2.05, 4.69) is 57.6 Å². The third-order valence-corrected chi connectivity index (χ3v) is 6.64. The van der Waals surface area contributed by atoms with Crippen molar-refractivity contribution in [1.82, 2.24) is 10.7 Å². The molecule has 40 heavy (non-hydrogen) atoms. The second-order valence-electron chi connectivity index (χ2n) is 8.86. The quantitative estimate of drug-likeness (QED) is 0.111. The van der Waals surface area contributed by atoms with Gasteiger partial charge in [-0.1, -0.05) is 61.8 Å². The van der Waals surface area contributed by atoms with Crippen molar-refractivity contribution in [2.24, 2.45) is 5.10 Å². The fraction of sp³-hybridized carbons (Fsp3) is 0.241. The lowest BCUT2D eigenvalue weighted by Crippen LogP contribution is -2.37. The molecule has 0 aromatic heterocycles. The minimum atomic E-state index is -0.890. The van der Waals surface area contributed by atoms with Crippen molar-refractivity contribution in [3.05, 3.63) is 85.9 Å². The number of hydrogen-bond donors (Lipinski definition) is 3. The summed E-state index contributed by atoms with van der Waals surface area (Å²) in [5.74, 6) is -0.874. The number of ether oxygens (including phenoxy) is 2. The van der Waals surface area contributed by atoms with E-state index in [-0.39, 0.29) is 19.1 Å². The molecule has 0 unspecified atom stereocenters. The summed E-state index contributed by atoms with van der Waals surface area (Å²) in [4.78, 5) is 36.7. The summed E-state index contributed by atoms with van der Waals surface area (Å²) in [5.41, 5.74) is 5.38. The molecule has 3 N–H and O–H groups in total. The lowest BCUT2D eigenvalue weighted by molar-refractivity contribution is -0.139. The number of anilines is 1. The first-order valence-electron chi connectivity index (χ1n) is 12.5. The summed E-state index contributed by atoms with van der Waals surface area (Å²) in [6.07, 6.45) is 1.38. The molecule has 0 aliphatic rings. The number of amides is 3. The van der Waals surface area contributed by atoms with E-state index in [4.69, 9.17) is 21.1 Å². The first kappa shape index (κ1) is 30.9. The summed E-state index contributed by atoms with van der Waals surface area (Å²) in [5, 5.41) is 9.59. The van der Waals surface area contributed by atoms with Crippen molar-refractivity contribution >= 4 is 63.8 Å². The first-order valence-corrected chi connectivity index (χ1v) is 14.0. The largest absolute Gasteiger partial charge is 0.490 e. The highest BCUT2D eigenvalue weighted by Crippen LogP contribution is 2.34. The van der Waals surface area contributed by atoms with Gasteiger partial charge in [-0.3, -0.25) is 14.4 Å². The molecule has 0 fully saturated rings. The van der Waals surface area contributed by atoms with Gasteiger partial charge in [0.1, 0.15) is 0 Å². The second kappa shape index (κ2) is 15.2. The molecule has 0 heterocycles. The number of para-hydroxylation sites is 1. The lowest BCUT2D eigenvalue weighted by atomic mass is 10.0. The molecule has 3 aromatic rings. The summed E-state index contributed by atoms with van der Waals surface area (Å²) >= 11 is 8.14. The van der Waals surface area contributed by atoms with Crippen LogP contribution in [0.4, 0.5) is 5.69 Å². The average Bonchev–Trinajstić information content (AvgIpc) is 2.92. The molecule has 11 heteroatoms. The Hall–Kier alpha value is -3.64. The topological polar surface area (TPSA) is 118 Å². The van der Waals surface area contributed by atoms with Crippen LogP contribution < -0.4 is 25.5 Å². The third-order valence-electron chi connectivity index (χ3n) is 5.51. The highest BCUT2D eigenvalue weighted by atomic mass is 127. The number of hydrazone groups is 1. The van der Waals surface area contributed by atoms with Crippen LogP contribution in [0.25, 0.3) is 0 Å². The van der Waals surface area contributed by atoms with E-state index in [0.717, 1.165) is 5.56 Å². The van der Waals surface area contributed by atoms with E-state index in [1.807, 2.05) is 31.2 Å². The van der Waals surface area contributed by atoms with Gasteiger partial charge in [0.15, 0.2) is 18.1 Å². The zero-order valence-electron chi connectivity index (χ0n) is 22.3. The van der Waals surface area contributed by atoms with Gasteiger partial charge in [-0.05, 0) is 76.4 Å². The average molecular weight is 677 g/mol. The number of rotatable bonds is 11. The van der Waals surface area contributed by atoms with Crippen LogP contribution >= 0.6 is 34.2 Å². The van der Waals surface area contributed by atoms with Crippen LogP contribution in [0.5, 0.6) is 11.5 Å². The number of nitrogens with one attached hydrogen (secondary N) is 3. The van der Waals surface area contributed by atoms with Gasteiger partial charge in [-0.2, -0.15) is 5.10 Å². The smallest absolute Gasteiger partial charge is 0.329 e. The Morgan fingerprint density at radius 1 is 1.02 bits per heavy atom. The fourth-order valence-corrected chi connectivity index (χ4v) is 4.42. The Balaban J connectivity index is 1.56. The maximum atomic E-state index is 12.4. The van der Waals surface area contributed by atoms with Crippen molar-refractivity contribution in [2.45, 2.75) is 33.2 Å². The Morgan fingerprint density at radius 2 is 1.75 bits per heavy atom. The molecule has 0 atom stereocenters. The number of carbonyl (C=O) groups excluding carboxylic acids is 3. The lowest BCUT2D eigenvalue weighted by Gasteiger charge is -2.15. The normalized spacial score (nSPS) is 10.8. The zero-order chi connectivity index (χ0) is 29.1. The van der Waals surface area contributed by atoms with Crippen molar-refractivity contribution < 1.29 is 23.9 Å². The molecule has 0 aliphatic carbocycles. The predicted molar refractivity (Wildman–Crippen MR) is 164 cm³/mol. The number of carbonyl (C=O) groups is 3. The molecule has 9 nitrogen and oxygen atoms in total. The van der Waals surface area contributed by atoms with Crippen LogP contribution in [-0.4, -0.2) is 37.1 Å². The molecule has 0 bridgehead atoms. The maximum absolute atomic E-state index is 12.4. The number of benzene rings is 3. The van der Waals surface area contributed by atoms with Gasteiger partial charge in [0, 0.05) is 6.54 Å². The van der Waals surface area contributed by atoms with Gasteiger partial charge in [0.05, 0.1) is 27.1 Å². The Kier molecular flexibility index (Phi) is 11.8. The monoisotopic (exact) mass is 676 g/mol. The second-order valence-corrected chi connectivity index (χ2v) is 10.4. The van der Waals surface area contributed by atoms with Crippen LogP contribution in [0.15, 0.2) is 65.8 Å². The molecule has 0 spiro atoms. The standard InChI is InChI=1S/C29H30ClIN4O5/c1-4-39-25-14-20(13-23(31)27(25)40-17-26(36)34-24-8-6-5-7-22(24)30)16-33-35-29(38)28(37)32-15-19-9-11-21(12-10-19)18(2)3/h5-14,16,18H,4,15,17H2,1-3H3,(H,32,37)(H,34,36)(H,35,38)/b33-16-. The first-order chi connectivity index (χ1) is 19.2. The predicted octanol–water partition coefficient (Wildman–Crippen LogP) is 5.25. The number of hydrogen-bond acceptors (Lipinski definition) is 6. The van der Waals surface area contributed by atoms with Crippen molar-refractivity contribution in [3.8, 4) is 11.5 Å². The molecule has 3 rings (SSSR count). The minimum absolute atomic E-state index is 0.224. The SMILES string of the molecule is CCOc1cc(/C=N\NC(=O)C(=O)NCc2ccc(C(C)C)cc2)cc(I)c1OCC(=O)Nc1ccccc1Cl. The van der Waals surface area contributed by atoms with E-state index in [1.165, 1.54) is 11.8 Å². The maximum Gasteiger partial charge on any atom is 0.329 e. The van der Waals surface area contributed by atoms with Gasteiger partial charge in [-0.15, -0.1) is 0 Å². The zero-order valence-corrected chi connectivity index (χ0v) is 25.2. The third kappa shape index (κ3) is 9.23. The Labute approximate surface area is 251 Å². The van der Waals surface area contributed by atoms with E-state index < -0.39 is 11.8 Å². The summed E-state index contributed by atoms with van der Waals surface area (Å²) in [6.45, 7) is 6.35. The molecule has 0 saturated carbocycles. The van der Waals surface area contributed by atoms with Crippen LogP contribution in [0.2, 0.25) is 5.02 Å². The van der Waals surface area contributed by atoms with E-state index in [1.54, 1.807) is 36.4 Å². The van der Waals surface area contributed by atoms with Gasteiger partial charge in [-0.25, -0.2) is 5.43 Å². The molecule has 0 aliphatic heterocycles.